The summed E-state index contributed by atoms with van der Waals surface area (Å²) in [5.74, 6) is -1.20. The molecule has 1 N–H and O–H groups in total. The molecule has 0 spiro atoms. The Morgan fingerprint density at radius 3 is 2.46 bits per heavy atom. The number of hydrogen-bond donors (Lipinski definition) is 1. The summed E-state index contributed by atoms with van der Waals surface area (Å²) in [6, 6.07) is 0. The van der Waals surface area contributed by atoms with Gasteiger partial charge in [-0.05, 0) is 44.4 Å². The fraction of sp³-hybridized carbons (Fsp3) is 0.895. The van der Waals surface area contributed by atoms with Crippen LogP contribution in [-0.4, -0.2) is 41.8 Å². The number of Topliss-reactive ketones (excluding diaryl/α,β-unsaturated/α-hetero) is 1. The summed E-state index contributed by atoms with van der Waals surface area (Å²) in [4.78, 5) is 23.3. The molecule has 0 saturated heterocycles. The first-order valence-electron chi connectivity index (χ1n) is 9.02. The van der Waals surface area contributed by atoms with Crippen LogP contribution in [0.15, 0.2) is 0 Å². The largest absolute Gasteiger partial charge is 0.461 e. The Morgan fingerprint density at radius 1 is 1.29 bits per heavy atom. The van der Waals surface area contributed by atoms with Gasteiger partial charge in [-0.15, -0.1) is 0 Å². The summed E-state index contributed by atoms with van der Waals surface area (Å²) >= 11 is 0. The van der Waals surface area contributed by atoms with E-state index in [1.54, 1.807) is 0 Å². The normalized spacial score (nSPS) is 28.2. The van der Waals surface area contributed by atoms with Gasteiger partial charge >= 0.3 is 5.97 Å². The summed E-state index contributed by atoms with van der Waals surface area (Å²) in [5, 5.41) is 10.2. The SMILES string of the molecule is CC(=O)C(C)C(C)(O)C(=O)OCCOC1CCCC(C)(C(C)C)C1. The fourth-order valence-corrected chi connectivity index (χ4v) is 3.19. The van der Waals surface area contributed by atoms with Crippen LogP contribution in [0.1, 0.15) is 67.2 Å². The van der Waals surface area contributed by atoms with Gasteiger partial charge in [0.05, 0.1) is 18.6 Å². The lowest BCUT2D eigenvalue weighted by Crippen LogP contribution is -2.46. The van der Waals surface area contributed by atoms with E-state index in [2.05, 4.69) is 20.8 Å². The maximum Gasteiger partial charge on any atom is 0.338 e. The van der Waals surface area contributed by atoms with Crippen molar-refractivity contribution in [3.05, 3.63) is 0 Å². The number of carbonyl (C=O) groups is 2. The summed E-state index contributed by atoms with van der Waals surface area (Å²) in [6.45, 7) is 11.4. The van der Waals surface area contributed by atoms with Gasteiger partial charge in [0.25, 0.3) is 0 Å². The van der Waals surface area contributed by atoms with E-state index in [1.807, 2.05) is 0 Å². The van der Waals surface area contributed by atoms with Gasteiger partial charge in [0.2, 0.25) is 0 Å². The van der Waals surface area contributed by atoms with E-state index in [0.717, 1.165) is 19.3 Å². The lowest BCUT2D eigenvalue weighted by atomic mass is 9.67. The lowest BCUT2D eigenvalue weighted by Gasteiger charge is -2.41. The van der Waals surface area contributed by atoms with E-state index in [4.69, 9.17) is 9.47 Å². The second kappa shape index (κ2) is 8.43. The van der Waals surface area contributed by atoms with Gasteiger partial charge in [0, 0.05) is 0 Å². The molecule has 0 aromatic carbocycles. The highest BCUT2D eigenvalue weighted by molar-refractivity contribution is 5.89. The first-order chi connectivity index (χ1) is 11.0. The monoisotopic (exact) mass is 342 g/mol. The average molecular weight is 342 g/mol. The van der Waals surface area contributed by atoms with Gasteiger partial charge in [0.15, 0.2) is 5.60 Å². The Labute approximate surface area is 146 Å². The van der Waals surface area contributed by atoms with Crippen LogP contribution < -0.4 is 0 Å². The Balaban J connectivity index is 2.38. The molecule has 0 aliphatic heterocycles. The smallest absolute Gasteiger partial charge is 0.338 e. The van der Waals surface area contributed by atoms with E-state index in [-0.39, 0.29) is 18.5 Å². The number of hydrogen-bond acceptors (Lipinski definition) is 5. The molecular weight excluding hydrogens is 308 g/mol. The van der Waals surface area contributed by atoms with Crippen LogP contribution in [-0.2, 0) is 19.1 Å². The van der Waals surface area contributed by atoms with Gasteiger partial charge in [-0.2, -0.15) is 0 Å². The first-order valence-corrected chi connectivity index (χ1v) is 9.02. The van der Waals surface area contributed by atoms with Crippen molar-refractivity contribution < 1.29 is 24.2 Å². The zero-order chi connectivity index (χ0) is 18.5. The molecule has 1 saturated carbocycles. The number of aliphatic hydroxyl groups is 1. The molecule has 4 atom stereocenters. The molecule has 0 amide bonds. The maximum atomic E-state index is 12.0. The van der Waals surface area contributed by atoms with Crippen molar-refractivity contribution in [1.82, 2.24) is 0 Å². The van der Waals surface area contributed by atoms with E-state index >= 15 is 0 Å². The predicted molar refractivity (Wildman–Crippen MR) is 92.6 cm³/mol. The third-order valence-electron chi connectivity index (χ3n) is 5.90. The lowest BCUT2D eigenvalue weighted by molar-refractivity contribution is -0.173. The maximum absolute atomic E-state index is 12.0. The fourth-order valence-electron chi connectivity index (χ4n) is 3.19. The average Bonchev–Trinajstić information content (AvgIpc) is 2.50. The first kappa shape index (κ1) is 21.1. The predicted octanol–water partition coefficient (Wildman–Crippen LogP) is 3.13. The second-order valence-corrected chi connectivity index (χ2v) is 8.01. The Morgan fingerprint density at radius 2 is 1.92 bits per heavy atom. The van der Waals surface area contributed by atoms with Crippen LogP contribution in [0.3, 0.4) is 0 Å². The van der Waals surface area contributed by atoms with Gasteiger partial charge in [-0.1, -0.05) is 34.1 Å². The zero-order valence-electron chi connectivity index (χ0n) is 16.1. The van der Waals surface area contributed by atoms with Crippen molar-refractivity contribution in [1.29, 1.82) is 0 Å². The van der Waals surface area contributed by atoms with Crippen LogP contribution in [0, 0.1) is 17.3 Å². The molecular formula is C19H34O5. The molecule has 0 bridgehead atoms. The summed E-state index contributed by atoms with van der Waals surface area (Å²) < 4.78 is 11.0. The Kier molecular flexibility index (Phi) is 7.42. The summed E-state index contributed by atoms with van der Waals surface area (Å²) in [7, 11) is 0. The van der Waals surface area contributed by atoms with Crippen molar-refractivity contribution in [2.45, 2.75) is 78.9 Å². The van der Waals surface area contributed by atoms with E-state index in [9.17, 15) is 14.7 Å². The van der Waals surface area contributed by atoms with E-state index in [1.165, 1.54) is 27.2 Å². The Bertz CT molecular complexity index is 443. The third kappa shape index (κ3) is 5.28. The quantitative estimate of drug-likeness (QED) is 0.542. The number of ketones is 1. The topological polar surface area (TPSA) is 72.8 Å². The third-order valence-corrected chi connectivity index (χ3v) is 5.90. The van der Waals surface area contributed by atoms with Gasteiger partial charge < -0.3 is 14.6 Å². The van der Waals surface area contributed by atoms with Crippen molar-refractivity contribution in [2.24, 2.45) is 17.3 Å². The number of ether oxygens (including phenoxy) is 2. The van der Waals surface area contributed by atoms with Crippen molar-refractivity contribution in [3.8, 4) is 0 Å². The van der Waals surface area contributed by atoms with Crippen molar-refractivity contribution >= 4 is 11.8 Å². The molecule has 0 aromatic heterocycles. The highest BCUT2D eigenvalue weighted by atomic mass is 16.6. The number of rotatable bonds is 8. The van der Waals surface area contributed by atoms with Crippen molar-refractivity contribution in [2.75, 3.05) is 13.2 Å². The van der Waals surface area contributed by atoms with E-state index in [0.29, 0.717) is 17.9 Å². The molecule has 140 valence electrons. The van der Waals surface area contributed by atoms with E-state index < -0.39 is 17.5 Å². The van der Waals surface area contributed by atoms with Gasteiger partial charge in [-0.25, -0.2) is 4.79 Å². The minimum absolute atomic E-state index is 0.0918. The minimum Gasteiger partial charge on any atom is -0.461 e. The summed E-state index contributed by atoms with van der Waals surface area (Å²) in [6.07, 6.45) is 4.64. The highest BCUT2D eigenvalue weighted by Gasteiger charge is 2.40. The highest BCUT2D eigenvalue weighted by Crippen LogP contribution is 2.42. The molecule has 0 heterocycles. The Hall–Kier alpha value is -0.940. The molecule has 5 heteroatoms. The van der Waals surface area contributed by atoms with Gasteiger partial charge in [-0.3, -0.25) is 4.79 Å². The molecule has 1 aliphatic carbocycles. The van der Waals surface area contributed by atoms with Gasteiger partial charge in [0.1, 0.15) is 12.4 Å². The molecule has 1 fully saturated rings. The molecule has 4 unspecified atom stereocenters. The summed E-state index contributed by atoms with van der Waals surface area (Å²) in [5.41, 5.74) is -1.49. The molecule has 0 radical (unpaired) electrons. The second-order valence-electron chi connectivity index (χ2n) is 8.01. The van der Waals surface area contributed by atoms with Crippen LogP contribution in [0.5, 0.6) is 0 Å². The van der Waals surface area contributed by atoms with Crippen LogP contribution in [0.25, 0.3) is 0 Å². The molecule has 0 aromatic rings. The molecule has 24 heavy (non-hydrogen) atoms. The minimum atomic E-state index is -1.80. The standard InChI is InChI=1S/C19H34O5/c1-13(2)18(5)9-7-8-16(12-18)23-10-11-24-17(21)19(6,22)14(3)15(4)20/h13-14,16,22H,7-12H2,1-6H3. The zero-order valence-corrected chi connectivity index (χ0v) is 16.1. The molecule has 1 rings (SSSR count). The van der Waals surface area contributed by atoms with Crippen LogP contribution >= 0.6 is 0 Å². The van der Waals surface area contributed by atoms with Crippen LogP contribution in [0.4, 0.5) is 0 Å². The molecule has 5 nitrogen and oxygen atoms in total. The molecule has 1 aliphatic rings. The number of esters is 1. The van der Waals surface area contributed by atoms with Crippen molar-refractivity contribution in [3.63, 3.8) is 0 Å². The van der Waals surface area contributed by atoms with Crippen LogP contribution in [0.2, 0.25) is 0 Å². The number of carbonyl (C=O) groups excluding carboxylic acids is 2.